The molecule has 112 valence electrons. The summed E-state index contributed by atoms with van der Waals surface area (Å²) in [5.74, 6) is 0. The van der Waals surface area contributed by atoms with E-state index in [4.69, 9.17) is 15.6 Å². The summed E-state index contributed by atoms with van der Waals surface area (Å²) >= 11 is 0. The van der Waals surface area contributed by atoms with E-state index in [9.17, 15) is 8.42 Å². The number of nitrogens with one attached hydrogen (secondary N) is 1. The van der Waals surface area contributed by atoms with Crippen LogP contribution in [0.4, 0.5) is 11.4 Å². The van der Waals surface area contributed by atoms with Crippen molar-refractivity contribution in [2.45, 2.75) is 4.90 Å². The lowest BCUT2D eigenvalue weighted by Gasteiger charge is -2.26. The number of sulfonamides is 1. The van der Waals surface area contributed by atoms with Crippen molar-refractivity contribution >= 4 is 21.4 Å². The van der Waals surface area contributed by atoms with Crippen LogP contribution in [0.25, 0.3) is 0 Å². The minimum atomic E-state index is -3.71. The fourth-order valence-electron chi connectivity index (χ4n) is 2.04. The van der Waals surface area contributed by atoms with Crippen molar-refractivity contribution in [1.82, 2.24) is 4.90 Å². The number of morpholine rings is 1. The van der Waals surface area contributed by atoms with Crippen LogP contribution < -0.4 is 16.2 Å². The molecule has 0 saturated carbocycles. The van der Waals surface area contributed by atoms with Gasteiger partial charge < -0.3 is 15.8 Å². The first-order chi connectivity index (χ1) is 9.47. The van der Waals surface area contributed by atoms with E-state index in [1.165, 1.54) is 18.2 Å². The van der Waals surface area contributed by atoms with Crippen LogP contribution >= 0.6 is 0 Å². The Bertz CT molecular complexity index is 556. The van der Waals surface area contributed by atoms with Crippen LogP contribution in [0.3, 0.4) is 0 Å². The van der Waals surface area contributed by atoms with E-state index in [1.807, 2.05) is 0 Å². The molecule has 0 spiro atoms. The molecule has 5 N–H and O–H groups in total. The number of ether oxygens (including phenoxy) is 1. The van der Waals surface area contributed by atoms with Gasteiger partial charge in [0.25, 0.3) is 0 Å². The van der Waals surface area contributed by atoms with Crippen LogP contribution in [0.15, 0.2) is 23.1 Å². The molecule has 0 bridgehead atoms. The Hall–Kier alpha value is -1.35. The monoisotopic (exact) mass is 300 g/mol. The number of anilines is 2. The van der Waals surface area contributed by atoms with Crippen LogP contribution in [0.2, 0.25) is 0 Å². The third-order valence-corrected chi connectivity index (χ3v) is 4.11. The number of hydrogen-bond acceptors (Lipinski definition) is 6. The molecule has 1 aliphatic heterocycles. The smallest absolute Gasteiger partial charge is 0.238 e. The summed E-state index contributed by atoms with van der Waals surface area (Å²) in [4.78, 5) is 2.33. The summed E-state index contributed by atoms with van der Waals surface area (Å²) in [6, 6.07) is 4.40. The standard InChI is InChI=1S/C12H20N4O3S/c13-11-2-1-10(20(14,17)18)9-12(11)15-3-4-16-5-7-19-8-6-16/h1-2,9,15H,3-8,13H2,(H2,14,17,18). The Morgan fingerprint density at radius 2 is 2.00 bits per heavy atom. The number of benzene rings is 1. The number of nitrogens with zero attached hydrogens (tertiary/aromatic N) is 1. The molecule has 1 fully saturated rings. The van der Waals surface area contributed by atoms with Crippen molar-refractivity contribution in [2.24, 2.45) is 5.14 Å². The fraction of sp³-hybridized carbons (Fsp3) is 0.500. The molecule has 0 radical (unpaired) electrons. The molecule has 0 atom stereocenters. The van der Waals surface area contributed by atoms with Gasteiger partial charge in [0.15, 0.2) is 0 Å². The number of primary sulfonamides is 1. The van der Waals surface area contributed by atoms with Crippen LogP contribution in [0, 0.1) is 0 Å². The Labute approximate surface area is 118 Å². The molecule has 2 rings (SSSR count). The molecule has 0 aromatic heterocycles. The van der Waals surface area contributed by atoms with Crippen molar-refractivity contribution in [1.29, 1.82) is 0 Å². The van der Waals surface area contributed by atoms with Gasteiger partial charge in [-0.25, -0.2) is 13.6 Å². The molecular formula is C12H20N4O3S. The average molecular weight is 300 g/mol. The highest BCUT2D eigenvalue weighted by Gasteiger charge is 2.12. The second-order valence-electron chi connectivity index (χ2n) is 4.67. The van der Waals surface area contributed by atoms with Gasteiger partial charge in [-0.3, -0.25) is 4.90 Å². The molecule has 1 aromatic rings. The number of nitrogens with two attached hydrogens (primary N) is 2. The summed E-state index contributed by atoms with van der Waals surface area (Å²) in [5.41, 5.74) is 6.91. The second kappa shape index (κ2) is 6.40. The highest BCUT2D eigenvalue weighted by Crippen LogP contribution is 2.21. The Kier molecular flexibility index (Phi) is 4.81. The van der Waals surface area contributed by atoms with Gasteiger partial charge in [0, 0.05) is 26.2 Å². The van der Waals surface area contributed by atoms with Gasteiger partial charge in [0.2, 0.25) is 10.0 Å². The second-order valence-corrected chi connectivity index (χ2v) is 6.24. The van der Waals surface area contributed by atoms with Crippen LogP contribution in [0.5, 0.6) is 0 Å². The molecule has 0 aliphatic carbocycles. The number of nitrogen functional groups attached to an aromatic ring is 1. The summed E-state index contributed by atoms with van der Waals surface area (Å²) < 4.78 is 27.9. The van der Waals surface area contributed by atoms with E-state index >= 15 is 0 Å². The predicted molar refractivity (Wildman–Crippen MR) is 78.0 cm³/mol. The normalized spacial score (nSPS) is 17.1. The quantitative estimate of drug-likeness (QED) is 0.642. The average Bonchev–Trinajstić information content (AvgIpc) is 2.41. The third-order valence-electron chi connectivity index (χ3n) is 3.20. The largest absolute Gasteiger partial charge is 0.397 e. The van der Waals surface area contributed by atoms with Gasteiger partial charge >= 0.3 is 0 Å². The first-order valence-electron chi connectivity index (χ1n) is 6.43. The zero-order valence-corrected chi connectivity index (χ0v) is 12.0. The Balaban J connectivity index is 1.94. The maximum atomic E-state index is 11.3. The lowest BCUT2D eigenvalue weighted by atomic mass is 10.2. The summed E-state index contributed by atoms with van der Waals surface area (Å²) in [6.45, 7) is 4.86. The minimum absolute atomic E-state index is 0.0561. The molecule has 1 aliphatic rings. The molecule has 1 aromatic carbocycles. The predicted octanol–water partition coefficient (Wildman–Crippen LogP) is -0.340. The Morgan fingerprint density at radius 1 is 1.30 bits per heavy atom. The van der Waals surface area contributed by atoms with Crippen LogP contribution in [0.1, 0.15) is 0 Å². The van der Waals surface area contributed by atoms with Gasteiger partial charge in [-0.1, -0.05) is 0 Å². The van der Waals surface area contributed by atoms with Crippen molar-refractivity contribution in [3.05, 3.63) is 18.2 Å². The molecule has 20 heavy (non-hydrogen) atoms. The SMILES string of the molecule is Nc1ccc(S(N)(=O)=O)cc1NCCN1CCOCC1. The van der Waals surface area contributed by atoms with E-state index in [0.29, 0.717) is 17.9 Å². The van der Waals surface area contributed by atoms with Crippen molar-refractivity contribution in [3.63, 3.8) is 0 Å². The topological polar surface area (TPSA) is 111 Å². The van der Waals surface area contributed by atoms with Crippen LogP contribution in [-0.2, 0) is 14.8 Å². The third kappa shape index (κ3) is 4.07. The molecule has 1 heterocycles. The molecule has 8 heteroatoms. The lowest BCUT2D eigenvalue weighted by Crippen LogP contribution is -2.39. The highest BCUT2D eigenvalue weighted by molar-refractivity contribution is 7.89. The zero-order valence-electron chi connectivity index (χ0n) is 11.2. The summed E-state index contributed by atoms with van der Waals surface area (Å²) in [7, 11) is -3.71. The highest BCUT2D eigenvalue weighted by atomic mass is 32.2. The van der Waals surface area contributed by atoms with Crippen molar-refractivity contribution in [2.75, 3.05) is 50.4 Å². The molecular weight excluding hydrogens is 280 g/mol. The van der Waals surface area contributed by atoms with Gasteiger partial charge in [-0.15, -0.1) is 0 Å². The summed E-state index contributed by atoms with van der Waals surface area (Å²) in [5, 5.41) is 8.25. The molecule has 0 amide bonds. The Morgan fingerprint density at radius 3 is 2.65 bits per heavy atom. The first kappa shape index (κ1) is 15.0. The van der Waals surface area contributed by atoms with E-state index in [0.717, 1.165) is 32.8 Å². The minimum Gasteiger partial charge on any atom is -0.397 e. The van der Waals surface area contributed by atoms with Gasteiger partial charge in [0.1, 0.15) is 0 Å². The van der Waals surface area contributed by atoms with E-state index < -0.39 is 10.0 Å². The van der Waals surface area contributed by atoms with Gasteiger partial charge in [-0.2, -0.15) is 0 Å². The molecule has 1 saturated heterocycles. The zero-order chi connectivity index (χ0) is 14.6. The van der Waals surface area contributed by atoms with Crippen molar-refractivity contribution < 1.29 is 13.2 Å². The maximum Gasteiger partial charge on any atom is 0.238 e. The summed E-state index contributed by atoms with van der Waals surface area (Å²) in [6.07, 6.45) is 0. The molecule has 7 nitrogen and oxygen atoms in total. The molecule has 0 unspecified atom stereocenters. The van der Waals surface area contributed by atoms with E-state index in [1.54, 1.807) is 0 Å². The fourth-order valence-corrected chi connectivity index (χ4v) is 2.58. The van der Waals surface area contributed by atoms with E-state index in [-0.39, 0.29) is 4.90 Å². The van der Waals surface area contributed by atoms with Crippen LogP contribution in [-0.4, -0.2) is 52.7 Å². The number of hydrogen-bond donors (Lipinski definition) is 3. The van der Waals surface area contributed by atoms with Gasteiger partial charge in [-0.05, 0) is 18.2 Å². The van der Waals surface area contributed by atoms with E-state index in [2.05, 4.69) is 10.2 Å². The lowest BCUT2D eigenvalue weighted by molar-refractivity contribution is 0.0398. The number of rotatable bonds is 5. The maximum absolute atomic E-state index is 11.3. The van der Waals surface area contributed by atoms with Crippen molar-refractivity contribution in [3.8, 4) is 0 Å². The van der Waals surface area contributed by atoms with Gasteiger partial charge in [0.05, 0.1) is 29.5 Å². The first-order valence-corrected chi connectivity index (χ1v) is 7.98.